The van der Waals surface area contributed by atoms with Crippen molar-refractivity contribution >= 4 is 22.6 Å². The Morgan fingerprint density at radius 1 is 1.00 bits per heavy atom. The summed E-state index contributed by atoms with van der Waals surface area (Å²) in [5.41, 5.74) is 5.11. The van der Waals surface area contributed by atoms with Gasteiger partial charge in [-0.05, 0) is 67.1 Å². The molecule has 1 amide bonds. The number of fused-ring (bicyclic) bond motifs is 1. The van der Waals surface area contributed by atoms with Crippen molar-refractivity contribution in [1.82, 2.24) is 0 Å². The van der Waals surface area contributed by atoms with Crippen molar-refractivity contribution in [3.63, 3.8) is 0 Å². The smallest absolute Gasteiger partial charge is 0.291 e. The molecular formula is C22H23NO3. The van der Waals surface area contributed by atoms with E-state index in [0.717, 1.165) is 16.7 Å². The molecule has 0 spiro atoms. The Morgan fingerprint density at radius 2 is 1.73 bits per heavy atom. The van der Waals surface area contributed by atoms with Gasteiger partial charge in [-0.2, -0.15) is 0 Å². The van der Waals surface area contributed by atoms with Gasteiger partial charge in [-0.25, -0.2) is 0 Å². The zero-order chi connectivity index (χ0) is 19.0. The maximum atomic E-state index is 12.6. The average Bonchev–Trinajstić information content (AvgIpc) is 2.55. The third kappa shape index (κ3) is 3.40. The van der Waals surface area contributed by atoms with Gasteiger partial charge in [-0.1, -0.05) is 26.0 Å². The van der Waals surface area contributed by atoms with Gasteiger partial charge in [0.1, 0.15) is 5.58 Å². The predicted octanol–water partition coefficient (Wildman–Crippen LogP) is 5.09. The molecule has 2 aromatic carbocycles. The van der Waals surface area contributed by atoms with E-state index in [1.54, 1.807) is 6.07 Å². The lowest BCUT2D eigenvalue weighted by Crippen LogP contribution is -2.15. The van der Waals surface area contributed by atoms with Crippen LogP contribution in [0.4, 0.5) is 5.69 Å². The molecule has 134 valence electrons. The standard InChI is InChI=1S/C22H23NO3/c1-12(2)17-7-6-16(10-14(17)4)23-22(25)20-11-19(24)18-9-13(3)8-15(5)21(18)26-20/h6-12H,1-5H3,(H,23,25). The molecule has 0 saturated heterocycles. The number of hydrogen-bond donors (Lipinski definition) is 1. The van der Waals surface area contributed by atoms with Crippen LogP contribution in [0.25, 0.3) is 11.0 Å². The van der Waals surface area contributed by atoms with E-state index in [-0.39, 0.29) is 11.2 Å². The second-order valence-corrected chi connectivity index (χ2v) is 7.11. The van der Waals surface area contributed by atoms with E-state index in [4.69, 9.17) is 4.42 Å². The highest BCUT2D eigenvalue weighted by Gasteiger charge is 2.15. The molecule has 0 aliphatic heterocycles. The molecule has 0 bridgehead atoms. The number of amides is 1. The van der Waals surface area contributed by atoms with Crippen LogP contribution in [0.3, 0.4) is 0 Å². The fourth-order valence-electron chi connectivity index (χ4n) is 3.31. The number of anilines is 1. The summed E-state index contributed by atoms with van der Waals surface area (Å²) in [5, 5.41) is 3.31. The zero-order valence-electron chi connectivity index (χ0n) is 15.8. The van der Waals surface area contributed by atoms with Gasteiger partial charge in [0.25, 0.3) is 5.91 Å². The van der Waals surface area contributed by atoms with E-state index >= 15 is 0 Å². The van der Waals surface area contributed by atoms with E-state index in [2.05, 4.69) is 19.2 Å². The fourth-order valence-corrected chi connectivity index (χ4v) is 3.31. The van der Waals surface area contributed by atoms with Gasteiger partial charge in [0.2, 0.25) is 0 Å². The van der Waals surface area contributed by atoms with Gasteiger partial charge in [0.05, 0.1) is 5.39 Å². The Bertz CT molecular complexity index is 1060. The number of nitrogens with one attached hydrogen (secondary N) is 1. The molecule has 4 heteroatoms. The molecule has 0 unspecified atom stereocenters. The van der Waals surface area contributed by atoms with E-state index in [9.17, 15) is 9.59 Å². The van der Waals surface area contributed by atoms with Crippen LogP contribution in [0.15, 0.2) is 45.6 Å². The largest absolute Gasteiger partial charge is 0.450 e. The van der Waals surface area contributed by atoms with Crippen LogP contribution in [0, 0.1) is 20.8 Å². The van der Waals surface area contributed by atoms with Crippen LogP contribution in [0.5, 0.6) is 0 Å². The van der Waals surface area contributed by atoms with E-state index in [1.165, 1.54) is 11.6 Å². The third-order valence-electron chi connectivity index (χ3n) is 4.53. The van der Waals surface area contributed by atoms with Crippen LogP contribution in [-0.4, -0.2) is 5.91 Å². The molecule has 0 saturated carbocycles. The van der Waals surface area contributed by atoms with Crippen molar-refractivity contribution in [3.05, 3.63) is 74.6 Å². The third-order valence-corrected chi connectivity index (χ3v) is 4.53. The highest BCUT2D eigenvalue weighted by atomic mass is 16.3. The monoisotopic (exact) mass is 349 g/mol. The minimum atomic E-state index is -0.430. The van der Waals surface area contributed by atoms with Crippen molar-refractivity contribution in [2.24, 2.45) is 0 Å². The first-order valence-electron chi connectivity index (χ1n) is 8.73. The normalized spacial score (nSPS) is 11.2. The zero-order valence-corrected chi connectivity index (χ0v) is 15.8. The second kappa shape index (κ2) is 6.79. The summed E-state index contributed by atoms with van der Waals surface area (Å²) in [6.45, 7) is 10.1. The molecule has 4 nitrogen and oxygen atoms in total. The molecule has 0 atom stereocenters. The molecule has 1 heterocycles. The van der Waals surface area contributed by atoms with Crippen molar-refractivity contribution in [3.8, 4) is 0 Å². The molecule has 0 fully saturated rings. The van der Waals surface area contributed by atoms with Gasteiger partial charge in [-0.3, -0.25) is 9.59 Å². The van der Waals surface area contributed by atoms with Crippen LogP contribution >= 0.6 is 0 Å². The Kier molecular flexibility index (Phi) is 4.68. The van der Waals surface area contributed by atoms with Crippen molar-refractivity contribution in [1.29, 1.82) is 0 Å². The topological polar surface area (TPSA) is 59.3 Å². The maximum absolute atomic E-state index is 12.6. The summed E-state index contributed by atoms with van der Waals surface area (Å²) < 4.78 is 5.74. The average molecular weight is 349 g/mol. The molecule has 3 aromatic rings. The molecular weight excluding hydrogens is 326 g/mol. The summed E-state index contributed by atoms with van der Waals surface area (Å²) >= 11 is 0. The molecule has 0 aliphatic carbocycles. The lowest BCUT2D eigenvalue weighted by molar-refractivity contribution is 0.0997. The Balaban J connectivity index is 1.96. The molecule has 1 aromatic heterocycles. The molecule has 0 aliphatic rings. The van der Waals surface area contributed by atoms with E-state index in [0.29, 0.717) is 22.6 Å². The fraction of sp³-hybridized carbons (Fsp3) is 0.273. The van der Waals surface area contributed by atoms with Crippen LogP contribution in [0.2, 0.25) is 0 Å². The highest BCUT2D eigenvalue weighted by molar-refractivity contribution is 6.03. The quantitative estimate of drug-likeness (QED) is 0.716. The summed E-state index contributed by atoms with van der Waals surface area (Å²) in [6.07, 6.45) is 0. The SMILES string of the molecule is Cc1cc(C)c2oc(C(=O)Nc3ccc(C(C)C)c(C)c3)cc(=O)c2c1. The van der Waals surface area contributed by atoms with Crippen LogP contribution in [0.1, 0.15) is 52.6 Å². The minimum Gasteiger partial charge on any atom is -0.450 e. The lowest BCUT2D eigenvalue weighted by atomic mass is 9.98. The number of benzene rings is 2. The first kappa shape index (κ1) is 17.9. The summed E-state index contributed by atoms with van der Waals surface area (Å²) in [7, 11) is 0. The second-order valence-electron chi connectivity index (χ2n) is 7.11. The van der Waals surface area contributed by atoms with Gasteiger partial charge in [-0.15, -0.1) is 0 Å². The molecule has 26 heavy (non-hydrogen) atoms. The van der Waals surface area contributed by atoms with Crippen molar-refractivity contribution in [2.45, 2.75) is 40.5 Å². The highest BCUT2D eigenvalue weighted by Crippen LogP contribution is 2.23. The summed E-state index contributed by atoms with van der Waals surface area (Å²) in [5.74, 6) is 0.00501. The summed E-state index contributed by atoms with van der Waals surface area (Å²) in [4.78, 5) is 25.0. The van der Waals surface area contributed by atoms with E-state index in [1.807, 2.05) is 45.0 Å². The number of carbonyl (C=O) groups is 1. The van der Waals surface area contributed by atoms with Crippen LogP contribution in [-0.2, 0) is 0 Å². The summed E-state index contributed by atoms with van der Waals surface area (Å²) in [6, 6.07) is 10.8. The number of aryl methyl sites for hydroxylation is 3. The predicted molar refractivity (Wildman–Crippen MR) is 105 cm³/mol. The van der Waals surface area contributed by atoms with Gasteiger partial charge < -0.3 is 9.73 Å². The maximum Gasteiger partial charge on any atom is 0.291 e. The first-order valence-corrected chi connectivity index (χ1v) is 8.73. The van der Waals surface area contributed by atoms with Crippen molar-refractivity contribution < 1.29 is 9.21 Å². The number of rotatable bonds is 3. The molecule has 1 N–H and O–H groups in total. The van der Waals surface area contributed by atoms with Crippen LogP contribution < -0.4 is 10.7 Å². The molecule has 0 radical (unpaired) electrons. The van der Waals surface area contributed by atoms with E-state index < -0.39 is 5.91 Å². The minimum absolute atomic E-state index is 0.0139. The van der Waals surface area contributed by atoms with Gasteiger partial charge >= 0.3 is 0 Å². The molecule has 3 rings (SSSR count). The van der Waals surface area contributed by atoms with Gasteiger partial charge in [0, 0.05) is 11.8 Å². The van der Waals surface area contributed by atoms with Crippen molar-refractivity contribution in [2.75, 3.05) is 5.32 Å². The first-order chi connectivity index (χ1) is 12.3. The Morgan fingerprint density at radius 3 is 2.38 bits per heavy atom. The Labute approximate surface area is 152 Å². The lowest BCUT2D eigenvalue weighted by Gasteiger charge is -2.12. The van der Waals surface area contributed by atoms with Gasteiger partial charge in [0.15, 0.2) is 11.2 Å². The number of hydrogen-bond acceptors (Lipinski definition) is 3. The number of carbonyl (C=O) groups excluding carboxylic acids is 1. The Hall–Kier alpha value is -2.88.